The Morgan fingerprint density at radius 2 is 1.55 bits per heavy atom. The molecule has 0 radical (unpaired) electrons. The molecule has 0 aliphatic carbocycles. The fourth-order valence-electron chi connectivity index (χ4n) is 1.82. The molecular formula is C16H20O6. The van der Waals surface area contributed by atoms with Crippen molar-refractivity contribution in [3.05, 3.63) is 35.4 Å². The number of carbonyl (C=O) groups excluding carboxylic acids is 2. The molecule has 0 spiro atoms. The molecule has 6 nitrogen and oxygen atoms in total. The molecule has 0 atom stereocenters. The molecular weight excluding hydrogens is 288 g/mol. The third-order valence-electron chi connectivity index (χ3n) is 2.92. The van der Waals surface area contributed by atoms with E-state index < -0.39 is 24.5 Å². The van der Waals surface area contributed by atoms with Gasteiger partial charge >= 0.3 is 17.9 Å². The summed E-state index contributed by atoms with van der Waals surface area (Å²) in [5, 5.41) is 8.51. The molecule has 0 aliphatic heterocycles. The van der Waals surface area contributed by atoms with E-state index >= 15 is 0 Å². The first-order valence-electron chi connectivity index (χ1n) is 7.21. The Balaban J connectivity index is 2.64. The van der Waals surface area contributed by atoms with Gasteiger partial charge in [-0.3, -0.25) is 0 Å². The van der Waals surface area contributed by atoms with Crippen LogP contribution in [0.4, 0.5) is 0 Å². The Kier molecular flexibility index (Phi) is 7.67. The van der Waals surface area contributed by atoms with Crippen molar-refractivity contribution in [2.24, 2.45) is 0 Å². The number of carbonyl (C=O) groups is 3. The first-order valence-corrected chi connectivity index (χ1v) is 7.21. The van der Waals surface area contributed by atoms with Crippen molar-refractivity contribution in [3.8, 4) is 0 Å². The average Bonchev–Trinajstić information content (AvgIpc) is 2.52. The number of hydrogen-bond donors (Lipinski definition) is 1. The summed E-state index contributed by atoms with van der Waals surface area (Å²) in [5.41, 5.74) is 0.0793. The molecule has 1 aromatic carbocycles. The topological polar surface area (TPSA) is 89.9 Å². The van der Waals surface area contributed by atoms with Gasteiger partial charge in [-0.15, -0.1) is 0 Å². The van der Waals surface area contributed by atoms with Gasteiger partial charge in [-0.05, 0) is 18.6 Å². The maximum Gasteiger partial charge on any atom is 0.341 e. The van der Waals surface area contributed by atoms with Gasteiger partial charge in [0.1, 0.15) is 0 Å². The highest BCUT2D eigenvalue weighted by Gasteiger charge is 2.19. The Labute approximate surface area is 129 Å². The van der Waals surface area contributed by atoms with Gasteiger partial charge in [0, 0.05) is 0 Å². The first kappa shape index (κ1) is 17.7. The monoisotopic (exact) mass is 308 g/mol. The Bertz CT molecular complexity index is 523. The van der Waals surface area contributed by atoms with E-state index in [1.165, 1.54) is 12.1 Å². The van der Waals surface area contributed by atoms with E-state index in [9.17, 15) is 14.4 Å². The van der Waals surface area contributed by atoms with Crippen LogP contribution in [0.3, 0.4) is 0 Å². The molecule has 0 amide bonds. The summed E-state index contributed by atoms with van der Waals surface area (Å²) in [6.07, 6.45) is 3.92. The molecule has 22 heavy (non-hydrogen) atoms. The van der Waals surface area contributed by atoms with Crippen molar-refractivity contribution >= 4 is 17.9 Å². The molecule has 0 aromatic heterocycles. The standard InChI is InChI=1S/C16H20O6/c1-2-3-4-7-10-21-15(19)12-8-5-6-9-13(12)16(20)22-11-14(17)18/h5-6,8-9H,2-4,7,10-11H2,1H3,(H,17,18). The second kappa shape index (κ2) is 9.55. The second-order valence-electron chi connectivity index (χ2n) is 4.71. The van der Waals surface area contributed by atoms with Crippen LogP contribution >= 0.6 is 0 Å². The largest absolute Gasteiger partial charge is 0.479 e. The third-order valence-corrected chi connectivity index (χ3v) is 2.92. The van der Waals surface area contributed by atoms with Gasteiger partial charge in [0.2, 0.25) is 0 Å². The maximum absolute atomic E-state index is 12.0. The number of unbranched alkanes of at least 4 members (excludes halogenated alkanes) is 3. The molecule has 0 fully saturated rings. The highest BCUT2D eigenvalue weighted by Crippen LogP contribution is 2.12. The quantitative estimate of drug-likeness (QED) is 0.557. The van der Waals surface area contributed by atoms with Crippen molar-refractivity contribution in [2.45, 2.75) is 32.6 Å². The zero-order valence-electron chi connectivity index (χ0n) is 12.5. The normalized spacial score (nSPS) is 10.0. The maximum atomic E-state index is 12.0. The molecule has 0 aliphatic rings. The van der Waals surface area contributed by atoms with E-state index in [0.717, 1.165) is 25.7 Å². The lowest BCUT2D eigenvalue weighted by atomic mass is 10.1. The molecule has 1 N–H and O–H groups in total. The Morgan fingerprint density at radius 3 is 2.09 bits per heavy atom. The molecule has 1 rings (SSSR count). The zero-order valence-corrected chi connectivity index (χ0v) is 12.5. The van der Waals surface area contributed by atoms with Crippen molar-refractivity contribution < 1.29 is 29.0 Å². The van der Waals surface area contributed by atoms with Gasteiger partial charge in [-0.2, -0.15) is 0 Å². The lowest BCUT2D eigenvalue weighted by Gasteiger charge is -2.09. The molecule has 6 heteroatoms. The lowest BCUT2D eigenvalue weighted by molar-refractivity contribution is -0.140. The summed E-state index contributed by atoms with van der Waals surface area (Å²) >= 11 is 0. The number of hydrogen-bond acceptors (Lipinski definition) is 5. The highest BCUT2D eigenvalue weighted by molar-refractivity contribution is 6.03. The fourth-order valence-corrected chi connectivity index (χ4v) is 1.82. The van der Waals surface area contributed by atoms with Gasteiger partial charge in [0.15, 0.2) is 6.61 Å². The van der Waals surface area contributed by atoms with Gasteiger partial charge < -0.3 is 14.6 Å². The molecule has 120 valence electrons. The summed E-state index contributed by atoms with van der Waals surface area (Å²) in [5.74, 6) is -2.73. The minimum Gasteiger partial charge on any atom is -0.479 e. The SMILES string of the molecule is CCCCCCOC(=O)c1ccccc1C(=O)OCC(=O)O. The highest BCUT2D eigenvalue weighted by atomic mass is 16.6. The van der Waals surface area contributed by atoms with Crippen LogP contribution in [0, 0.1) is 0 Å². The van der Waals surface area contributed by atoms with Gasteiger partial charge in [0.05, 0.1) is 17.7 Å². The lowest BCUT2D eigenvalue weighted by Crippen LogP contribution is -2.17. The minimum absolute atomic E-state index is 0.00214. The summed E-state index contributed by atoms with van der Waals surface area (Å²) < 4.78 is 9.72. The molecule has 0 heterocycles. The summed E-state index contributed by atoms with van der Waals surface area (Å²) in [4.78, 5) is 34.2. The van der Waals surface area contributed by atoms with Gasteiger partial charge in [-0.1, -0.05) is 38.3 Å². The molecule has 1 aromatic rings. The van der Waals surface area contributed by atoms with Crippen LogP contribution in [0.25, 0.3) is 0 Å². The number of carboxylic acids is 1. The smallest absolute Gasteiger partial charge is 0.341 e. The molecule has 0 unspecified atom stereocenters. The molecule has 0 bridgehead atoms. The second-order valence-corrected chi connectivity index (χ2v) is 4.71. The van der Waals surface area contributed by atoms with Crippen molar-refractivity contribution in [2.75, 3.05) is 13.2 Å². The van der Waals surface area contributed by atoms with E-state index in [1.54, 1.807) is 12.1 Å². The zero-order chi connectivity index (χ0) is 16.4. The summed E-state index contributed by atoms with van der Waals surface area (Å²) in [6.45, 7) is 1.63. The first-order chi connectivity index (χ1) is 10.6. The van der Waals surface area contributed by atoms with Gasteiger partial charge in [0.25, 0.3) is 0 Å². The number of rotatable bonds is 9. The molecule has 0 saturated heterocycles. The van der Waals surface area contributed by atoms with Crippen LogP contribution in [0.1, 0.15) is 53.3 Å². The number of aliphatic carboxylic acids is 1. The van der Waals surface area contributed by atoms with Crippen LogP contribution < -0.4 is 0 Å². The van der Waals surface area contributed by atoms with Crippen LogP contribution in [-0.4, -0.2) is 36.2 Å². The van der Waals surface area contributed by atoms with E-state index in [1.807, 2.05) is 0 Å². The summed E-state index contributed by atoms with van der Waals surface area (Å²) in [7, 11) is 0. The minimum atomic E-state index is -1.26. The van der Waals surface area contributed by atoms with E-state index in [2.05, 4.69) is 11.7 Å². The number of esters is 2. The van der Waals surface area contributed by atoms with E-state index in [0.29, 0.717) is 0 Å². The predicted molar refractivity (Wildman–Crippen MR) is 78.8 cm³/mol. The van der Waals surface area contributed by atoms with Crippen LogP contribution in [0.5, 0.6) is 0 Å². The van der Waals surface area contributed by atoms with Crippen LogP contribution in [0.15, 0.2) is 24.3 Å². The van der Waals surface area contributed by atoms with Crippen molar-refractivity contribution in [1.29, 1.82) is 0 Å². The third kappa shape index (κ3) is 5.95. The van der Waals surface area contributed by atoms with E-state index in [4.69, 9.17) is 9.84 Å². The van der Waals surface area contributed by atoms with E-state index in [-0.39, 0.29) is 17.7 Å². The van der Waals surface area contributed by atoms with Crippen LogP contribution in [0.2, 0.25) is 0 Å². The fraction of sp³-hybridized carbons (Fsp3) is 0.438. The van der Waals surface area contributed by atoms with Crippen LogP contribution in [-0.2, 0) is 14.3 Å². The van der Waals surface area contributed by atoms with Crippen molar-refractivity contribution in [3.63, 3.8) is 0 Å². The number of carboxylic acid groups (broad SMARTS) is 1. The Morgan fingerprint density at radius 1 is 0.955 bits per heavy atom. The number of ether oxygens (including phenoxy) is 2. The predicted octanol–water partition coefficient (Wildman–Crippen LogP) is 2.67. The molecule has 0 saturated carbocycles. The van der Waals surface area contributed by atoms with Crippen molar-refractivity contribution in [1.82, 2.24) is 0 Å². The summed E-state index contributed by atoms with van der Waals surface area (Å²) in [6, 6.07) is 6.01. The average molecular weight is 308 g/mol. The number of benzene rings is 1. The Hall–Kier alpha value is -2.37. The van der Waals surface area contributed by atoms with Gasteiger partial charge in [-0.25, -0.2) is 14.4 Å².